The Morgan fingerprint density at radius 1 is 0.644 bits per heavy atom. The molecule has 0 aromatic heterocycles. The van der Waals surface area contributed by atoms with E-state index in [1.54, 1.807) is 19.1 Å². The van der Waals surface area contributed by atoms with Crippen molar-refractivity contribution < 1.29 is 28.0 Å². The highest BCUT2D eigenvalue weighted by atomic mass is 16.5. The maximum absolute atomic E-state index is 12.0. The lowest BCUT2D eigenvalue weighted by molar-refractivity contribution is -0.870. The van der Waals surface area contributed by atoms with Crippen LogP contribution >= 0.6 is 0 Å². The number of hydrogen-bond acceptors (Lipinski definition) is 4. The zero-order valence-electron chi connectivity index (χ0n) is 26.8. The molecule has 0 saturated carbocycles. The second-order valence-electron chi connectivity index (χ2n) is 12.4. The molecule has 0 saturated heterocycles. The van der Waals surface area contributed by atoms with Crippen LogP contribution in [0.4, 0.5) is 0 Å². The van der Waals surface area contributed by atoms with Crippen molar-refractivity contribution in [2.75, 3.05) is 75.2 Å². The van der Waals surface area contributed by atoms with E-state index in [0.717, 1.165) is 57.2 Å². The largest absolute Gasteiger partial charge is 0.492 e. The lowest BCUT2D eigenvalue weighted by Gasteiger charge is -2.24. The molecule has 0 amide bonds. The van der Waals surface area contributed by atoms with Gasteiger partial charge in [0.1, 0.15) is 11.5 Å². The van der Waals surface area contributed by atoms with Crippen LogP contribution in [0.25, 0.3) is 0 Å². The molecule has 0 radical (unpaired) electrons. The molecular weight excluding hydrogens is 560 g/mol. The van der Waals surface area contributed by atoms with Crippen molar-refractivity contribution in [3.05, 3.63) is 94.5 Å². The smallest absolute Gasteiger partial charge is 0.338 e. The Hall–Kier alpha value is -4.23. The van der Waals surface area contributed by atoms with Crippen molar-refractivity contribution in [1.82, 2.24) is 0 Å². The van der Waals surface area contributed by atoms with Crippen LogP contribution in [-0.2, 0) is 4.74 Å². The Morgan fingerprint density at radius 3 is 1.51 bits per heavy atom. The van der Waals surface area contributed by atoms with Gasteiger partial charge >= 0.3 is 5.97 Å². The first-order valence-corrected chi connectivity index (χ1v) is 14.8. The number of rotatable bonds is 12. The Labute approximate surface area is 273 Å². The minimum absolute atomic E-state index is 0. The van der Waals surface area contributed by atoms with Gasteiger partial charge in [-0.25, -0.2) is 4.79 Å². The number of hydrogen-bond donors (Lipinski definition) is 0. The summed E-state index contributed by atoms with van der Waals surface area (Å²) in [4.78, 5) is 12.0. The van der Waals surface area contributed by atoms with Crippen LogP contribution in [0.5, 0.6) is 11.5 Å². The van der Waals surface area contributed by atoms with E-state index >= 15 is 0 Å². The summed E-state index contributed by atoms with van der Waals surface area (Å²) < 4.78 is 19.5. The summed E-state index contributed by atoms with van der Waals surface area (Å²) in [5, 5.41) is 0. The zero-order chi connectivity index (χ0) is 31.3. The molecule has 45 heavy (non-hydrogen) atoms. The highest BCUT2D eigenvalue weighted by Gasteiger charge is 2.14. The van der Waals surface area contributed by atoms with Crippen LogP contribution in [0.15, 0.2) is 66.7 Å². The minimum atomic E-state index is -0.342. The second kappa shape index (κ2) is 18.5. The third-order valence-electron chi connectivity index (χ3n) is 6.40. The van der Waals surface area contributed by atoms with Crippen LogP contribution < -0.4 is 9.47 Å². The Kier molecular flexibility index (Phi) is 16.0. The first-order chi connectivity index (χ1) is 20.4. The normalized spacial score (nSPS) is 10.6. The fraction of sp³-hybridized carbons (Fsp3) is 0.410. The van der Waals surface area contributed by atoms with Gasteiger partial charge in [0.05, 0.1) is 91.9 Å². The molecule has 0 aliphatic heterocycles. The summed E-state index contributed by atoms with van der Waals surface area (Å²) in [6.07, 6.45) is 1.81. The number of benzene rings is 3. The summed E-state index contributed by atoms with van der Waals surface area (Å²) in [7, 11) is 13.0. The van der Waals surface area contributed by atoms with Crippen molar-refractivity contribution in [2.24, 2.45) is 0 Å². The molecule has 242 valence electrons. The highest BCUT2D eigenvalue weighted by molar-refractivity contribution is 5.89. The molecule has 0 aliphatic rings. The quantitative estimate of drug-likeness (QED) is 0.0965. The molecule has 0 unspecified atom stereocenters. The van der Waals surface area contributed by atoms with Gasteiger partial charge in [0.15, 0.2) is 0 Å². The van der Waals surface area contributed by atoms with E-state index in [2.05, 4.69) is 66.0 Å². The molecule has 0 spiro atoms. The second-order valence-corrected chi connectivity index (χ2v) is 12.4. The molecule has 0 N–H and O–H groups in total. The van der Waals surface area contributed by atoms with Gasteiger partial charge in [-0.2, -0.15) is 0 Å². The van der Waals surface area contributed by atoms with Crippen molar-refractivity contribution in [3.8, 4) is 35.2 Å². The topological polar surface area (TPSA) is 44.8 Å². The van der Waals surface area contributed by atoms with Crippen molar-refractivity contribution in [1.29, 1.82) is 0 Å². The number of carbonyl (C=O) groups excluding carboxylic acids is 1. The number of quaternary nitrogens is 2. The van der Waals surface area contributed by atoms with Crippen molar-refractivity contribution >= 4 is 5.97 Å². The van der Waals surface area contributed by atoms with Gasteiger partial charge in [-0.1, -0.05) is 56.7 Å². The number of nitrogens with zero attached hydrogens (tertiary/aromatic N) is 2. The van der Waals surface area contributed by atoms with E-state index in [1.165, 1.54) is 0 Å². The minimum Gasteiger partial charge on any atom is -0.492 e. The molecule has 3 aromatic rings. The first kappa shape index (κ1) is 38.8. The van der Waals surface area contributed by atoms with E-state index in [-0.39, 0.29) is 20.8 Å². The molecule has 0 aliphatic carbocycles. The molecule has 3 aromatic carbocycles. The lowest BCUT2D eigenvalue weighted by Crippen LogP contribution is -2.36. The Morgan fingerprint density at radius 2 is 1.09 bits per heavy atom. The van der Waals surface area contributed by atoms with Gasteiger partial charge in [0.2, 0.25) is 0 Å². The molecule has 6 nitrogen and oxygen atoms in total. The zero-order valence-corrected chi connectivity index (χ0v) is 26.8. The van der Waals surface area contributed by atoms with Crippen LogP contribution in [0.3, 0.4) is 0 Å². The van der Waals surface area contributed by atoms with Gasteiger partial charge in [-0.05, 0) is 43.3 Å². The highest BCUT2D eigenvalue weighted by Crippen LogP contribution is 2.29. The maximum Gasteiger partial charge on any atom is 0.338 e. The molecule has 0 bridgehead atoms. The lowest BCUT2D eigenvalue weighted by atomic mass is 10.1. The third kappa shape index (κ3) is 14.4. The summed E-state index contributed by atoms with van der Waals surface area (Å²) in [5.74, 6) is 14.1. The van der Waals surface area contributed by atoms with Crippen LogP contribution in [0.2, 0.25) is 0 Å². The van der Waals surface area contributed by atoms with E-state index in [1.807, 2.05) is 54.6 Å². The van der Waals surface area contributed by atoms with Gasteiger partial charge in [-0.15, -0.1) is 0 Å². The third-order valence-corrected chi connectivity index (χ3v) is 6.40. The predicted octanol–water partition coefficient (Wildman–Crippen LogP) is 6.89. The van der Waals surface area contributed by atoms with Crippen molar-refractivity contribution in [2.45, 2.75) is 34.6 Å². The Bertz CT molecular complexity index is 1460. The summed E-state index contributed by atoms with van der Waals surface area (Å²) in [5.41, 5.74) is 3.70. The fourth-order valence-electron chi connectivity index (χ4n) is 4.14. The van der Waals surface area contributed by atoms with Gasteiger partial charge in [0, 0.05) is 36.1 Å². The molecule has 0 atom stereocenters. The molecule has 0 fully saturated rings. The van der Waals surface area contributed by atoms with E-state index in [0.29, 0.717) is 36.9 Å². The molecule has 6 heteroatoms. The number of carbonyl (C=O) groups is 1. The van der Waals surface area contributed by atoms with E-state index < -0.39 is 0 Å². The van der Waals surface area contributed by atoms with E-state index in [4.69, 9.17) is 14.2 Å². The molecular formula is C39H54N2O4+2. The summed E-state index contributed by atoms with van der Waals surface area (Å²) >= 11 is 0. The van der Waals surface area contributed by atoms with Crippen molar-refractivity contribution in [3.63, 3.8) is 0 Å². The maximum atomic E-state index is 12.0. The predicted molar refractivity (Wildman–Crippen MR) is 187 cm³/mol. The van der Waals surface area contributed by atoms with Crippen LogP contribution in [0.1, 0.15) is 67.2 Å². The SMILES string of the molecule is C.C.CCOC(=O)c1ccc(C#Cc2cc(OCCC[N+](C)(C)C)c(C#Cc3ccccc3)cc2OCCC[N+](C)(C)C)cc1. The van der Waals surface area contributed by atoms with Gasteiger partial charge < -0.3 is 23.2 Å². The molecule has 0 heterocycles. The van der Waals surface area contributed by atoms with E-state index in [9.17, 15) is 4.79 Å². The van der Waals surface area contributed by atoms with Crippen LogP contribution in [0, 0.1) is 23.7 Å². The molecule has 3 rings (SSSR count). The summed E-state index contributed by atoms with van der Waals surface area (Å²) in [6.45, 7) is 5.24. The first-order valence-electron chi connectivity index (χ1n) is 14.8. The number of esters is 1. The van der Waals surface area contributed by atoms with Gasteiger partial charge in [0.25, 0.3) is 0 Å². The fourth-order valence-corrected chi connectivity index (χ4v) is 4.14. The standard InChI is InChI=1S/C37H46N2O4.2CH4/c1-8-41-37(40)32-20-16-31(17-21-32)19-23-34-29-35(42-26-12-24-38(2,3)4)33(22-18-30-14-10-9-11-15-30)28-36(34)43-27-13-25-39(5,6)7;;/h9-11,14-17,20-21,28-29H,8,12-13,24-27H2,1-7H3;2*1H4/q+2;;. The monoisotopic (exact) mass is 614 g/mol. The van der Waals surface area contributed by atoms with Gasteiger partial charge in [-0.3, -0.25) is 0 Å². The Balaban J connectivity index is 0.00000506. The number of ether oxygens (including phenoxy) is 3. The summed E-state index contributed by atoms with van der Waals surface area (Å²) in [6, 6.07) is 20.9. The average molecular weight is 615 g/mol. The average Bonchev–Trinajstić information content (AvgIpc) is 2.96. The van der Waals surface area contributed by atoms with Crippen LogP contribution in [-0.4, -0.2) is 90.1 Å².